The monoisotopic (exact) mass is 404 g/mol. The van der Waals surface area contributed by atoms with E-state index in [4.69, 9.17) is 0 Å². The van der Waals surface area contributed by atoms with Crippen molar-refractivity contribution in [2.24, 2.45) is 0 Å². The standard InChI is InChI=1S/C23H24N4OS/c1-13-6-7-18-11-17(5)22-25-26-23(27(22)19(18)10-13)29-12-20(28)24-21-15(3)8-14(2)9-16(21)4/h6-11H,12H2,1-5H3,(H,24,28). The average Bonchev–Trinajstić information content (AvgIpc) is 3.09. The van der Waals surface area contributed by atoms with Crippen molar-refractivity contribution < 1.29 is 4.79 Å². The van der Waals surface area contributed by atoms with Gasteiger partial charge in [-0.3, -0.25) is 9.20 Å². The van der Waals surface area contributed by atoms with Gasteiger partial charge in [-0.15, -0.1) is 10.2 Å². The van der Waals surface area contributed by atoms with Gasteiger partial charge in [-0.1, -0.05) is 41.6 Å². The van der Waals surface area contributed by atoms with E-state index in [-0.39, 0.29) is 11.7 Å². The van der Waals surface area contributed by atoms with Crippen LogP contribution in [0.1, 0.15) is 27.8 Å². The minimum absolute atomic E-state index is 0.0463. The maximum atomic E-state index is 12.6. The summed E-state index contributed by atoms with van der Waals surface area (Å²) >= 11 is 1.41. The molecule has 0 aliphatic rings. The van der Waals surface area contributed by atoms with E-state index in [0.29, 0.717) is 0 Å². The number of hydrogen-bond acceptors (Lipinski definition) is 4. The molecule has 0 unspecified atom stereocenters. The Kier molecular flexibility index (Phi) is 5.04. The van der Waals surface area contributed by atoms with Crippen LogP contribution in [0.5, 0.6) is 0 Å². The molecule has 4 rings (SSSR count). The quantitative estimate of drug-likeness (QED) is 0.478. The van der Waals surface area contributed by atoms with Crippen LogP contribution in [0.15, 0.2) is 41.6 Å². The molecule has 0 spiro atoms. The number of thioether (sulfide) groups is 1. The molecule has 0 atom stereocenters. The third-order valence-corrected chi connectivity index (χ3v) is 5.99. The number of nitrogens with zero attached hydrogens (tertiary/aromatic N) is 3. The molecule has 6 heteroatoms. The van der Waals surface area contributed by atoms with Crippen molar-refractivity contribution in [1.82, 2.24) is 14.6 Å². The third kappa shape index (κ3) is 3.72. The van der Waals surface area contributed by atoms with Crippen LogP contribution in [0, 0.1) is 34.6 Å². The Balaban J connectivity index is 1.61. The smallest absolute Gasteiger partial charge is 0.234 e. The van der Waals surface area contributed by atoms with Gasteiger partial charge in [0.25, 0.3) is 0 Å². The largest absolute Gasteiger partial charge is 0.325 e. The lowest BCUT2D eigenvalue weighted by Crippen LogP contribution is -2.16. The average molecular weight is 405 g/mol. The second-order valence-electron chi connectivity index (χ2n) is 7.64. The van der Waals surface area contributed by atoms with Crippen LogP contribution in [0.3, 0.4) is 0 Å². The summed E-state index contributed by atoms with van der Waals surface area (Å²) in [4.78, 5) is 12.6. The van der Waals surface area contributed by atoms with Crippen molar-refractivity contribution in [2.75, 3.05) is 11.1 Å². The Morgan fingerprint density at radius 3 is 2.38 bits per heavy atom. The molecule has 148 valence electrons. The van der Waals surface area contributed by atoms with Gasteiger partial charge in [-0.05, 0) is 74.4 Å². The fourth-order valence-electron chi connectivity index (χ4n) is 3.79. The molecular weight excluding hydrogens is 380 g/mol. The molecule has 4 aromatic rings. The van der Waals surface area contributed by atoms with Crippen LogP contribution in [-0.4, -0.2) is 26.3 Å². The van der Waals surface area contributed by atoms with Gasteiger partial charge in [-0.25, -0.2) is 0 Å². The fourth-order valence-corrected chi connectivity index (χ4v) is 4.53. The van der Waals surface area contributed by atoms with Crippen molar-refractivity contribution in [1.29, 1.82) is 0 Å². The van der Waals surface area contributed by atoms with Crippen LogP contribution in [0.4, 0.5) is 5.69 Å². The van der Waals surface area contributed by atoms with Gasteiger partial charge in [0, 0.05) is 5.69 Å². The SMILES string of the molecule is Cc1cc(C)c(NC(=O)CSc2nnc3c(C)cc4ccc(C)cc4n23)c(C)c1. The Labute approximate surface area is 174 Å². The summed E-state index contributed by atoms with van der Waals surface area (Å²) in [5.41, 5.74) is 8.37. The van der Waals surface area contributed by atoms with Gasteiger partial charge in [-0.2, -0.15) is 0 Å². The lowest BCUT2D eigenvalue weighted by molar-refractivity contribution is -0.113. The number of benzene rings is 2. The zero-order valence-electron chi connectivity index (χ0n) is 17.3. The molecule has 5 nitrogen and oxygen atoms in total. The molecule has 0 radical (unpaired) electrons. The Bertz CT molecular complexity index is 1240. The number of carbonyl (C=O) groups is 1. The number of aryl methyl sites for hydroxylation is 5. The minimum Gasteiger partial charge on any atom is -0.325 e. The predicted molar refractivity (Wildman–Crippen MR) is 120 cm³/mol. The van der Waals surface area contributed by atoms with E-state index < -0.39 is 0 Å². The van der Waals surface area contributed by atoms with Crippen molar-refractivity contribution in [2.45, 2.75) is 39.8 Å². The normalized spacial score (nSPS) is 11.3. The Morgan fingerprint density at radius 2 is 1.66 bits per heavy atom. The first-order chi connectivity index (χ1) is 13.8. The van der Waals surface area contributed by atoms with Crippen molar-refractivity contribution >= 4 is 39.9 Å². The molecule has 1 amide bonds. The van der Waals surface area contributed by atoms with E-state index >= 15 is 0 Å². The summed E-state index contributed by atoms with van der Waals surface area (Å²) in [5.74, 6) is 0.226. The molecule has 0 aliphatic carbocycles. The zero-order valence-corrected chi connectivity index (χ0v) is 18.1. The van der Waals surface area contributed by atoms with E-state index in [1.807, 2.05) is 20.8 Å². The number of amides is 1. The van der Waals surface area contributed by atoms with Gasteiger partial charge < -0.3 is 5.32 Å². The molecule has 0 saturated carbocycles. The summed E-state index contributed by atoms with van der Waals surface area (Å²) in [6.07, 6.45) is 0. The topological polar surface area (TPSA) is 59.3 Å². The highest BCUT2D eigenvalue weighted by molar-refractivity contribution is 7.99. The van der Waals surface area contributed by atoms with Crippen LogP contribution in [0.25, 0.3) is 16.6 Å². The molecular formula is C23H24N4OS. The summed E-state index contributed by atoms with van der Waals surface area (Å²) < 4.78 is 2.05. The van der Waals surface area contributed by atoms with Crippen molar-refractivity contribution in [3.05, 3.63) is 64.2 Å². The highest BCUT2D eigenvalue weighted by Gasteiger charge is 2.15. The maximum Gasteiger partial charge on any atom is 0.234 e. The van der Waals surface area contributed by atoms with Gasteiger partial charge in [0.05, 0.1) is 11.3 Å². The number of pyridine rings is 1. The number of fused-ring (bicyclic) bond motifs is 3. The number of aromatic nitrogens is 3. The second kappa shape index (κ2) is 7.52. The summed E-state index contributed by atoms with van der Waals surface area (Å²) in [7, 11) is 0. The fraction of sp³-hybridized carbons (Fsp3) is 0.261. The minimum atomic E-state index is -0.0463. The summed E-state index contributed by atoms with van der Waals surface area (Å²) in [6, 6.07) is 12.6. The first-order valence-corrected chi connectivity index (χ1v) is 10.6. The van der Waals surface area contributed by atoms with Gasteiger partial charge in [0.15, 0.2) is 10.8 Å². The highest BCUT2D eigenvalue weighted by atomic mass is 32.2. The van der Waals surface area contributed by atoms with Crippen LogP contribution < -0.4 is 5.32 Å². The van der Waals surface area contributed by atoms with E-state index in [1.54, 1.807) is 0 Å². The molecule has 2 aromatic carbocycles. The lowest BCUT2D eigenvalue weighted by Gasteiger charge is -2.12. The van der Waals surface area contributed by atoms with Gasteiger partial charge in [0.1, 0.15) is 0 Å². The van der Waals surface area contributed by atoms with Crippen LogP contribution >= 0.6 is 11.8 Å². The second-order valence-corrected chi connectivity index (χ2v) is 8.58. The molecule has 0 fully saturated rings. The van der Waals surface area contributed by atoms with Crippen molar-refractivity contribution in [3.63, 3.8) is 0 Å². The molecule has 0 aliphatic heterocycles. The predicted octanol–water partition coefficient (Wildman–Crippen LogP) is 5.16. The van der Waals surface area contributed by atoms with E-state index in [1.165, 1.54) is 22.9 Å². The molecule has 29 heavy (non-hydrogen) atoms. The Hall–Kier alpha value is -2.86. The zero-order chi connectivity index (χ0) is 20.7. The molecule has 1 N–H and O–H groups in total. The molecule has 2 heterocycles. The summed E-state index contributed by atoms with van der Waals surface area (Å²) in [5, 5.41) is 13.6. The maximum absolute atomic E-state index is 12.6. The number of hydrogen-bond donors (Lipinski definition) is 1. The van der Waals surface area contributed by atoms with Gasteiger partial charge in [0.2, 0.25) is 5.91 Å². The Morgan fingerprint density at radius 1 is 0.931 bits per heavy atom. The molecule has 0 bridgehead atoms. The summed E-state index contributed by atoms with van der Waals surface area (Å²) in [6.45, 7) is 10.2. The van der Waals surface area contributed by atoms with E-state index in [9.17, 15) is 4.79 Å². The number of anilines is 1. The van der Waals surface area contributed by atoms with E-state index in [0.717, 1.165) is 44.1 Å². The van der Waals surface area contributed by atoms with Gasteiger partial charge >= 0.3 is 0 Å². The molecule has 2 aromatic heterocycles. The van der Waals surface area contributed by atoms with Crippen molar-refractivity contribution in [3.8, 4) is 0 Å². The van der Waals surface area contributed by atoms with Crippen LogP contribution in [0.2, 0.25) is 0 Å². The van der Waals surface area contributed by atoms with E-state index in [2.05, 4.69) is 70.2 Å². The number of rotatable bonds is 4. The third-order valence-electron chi connectivity index (χ3n) is 5.06. The number of nitrogens with one attached hydrogen (secondary N) is 1. The highest BCUT2D eigenvalue weighted by Crippen LogP contribution is 2.27. The molecule has 0 saturated heterocycles. The van der Waals surface area contributed by atoms with Crippen LogP contribution in [-0.2, 0) is 4.79 Å². The number of carbonyl (C=O) groups excluding carboxylic acids is 1. The first kappa shape index (κ1) is 19.5. The first-order valence-electron chi connectivity index (χ1n) is 9.59. The lowest BCUT2D eigenvalue weighted by atomic mass is 10.1.